The van der Waals surface area contributed by atoms with Crippen molar-refractivity contribution >= 4 is 11.6 Å². The lowest BCUT2D eigenvalue weighted by Gasteiger charge is -2.43. The molecule has 1 saturated heterocycles. The first-order valence-electron chi connectivity index (χ1n) is 9.86. The first kappa shape index (κ1) is 24.0. The van der Waals surface area contributed by atoms with Gasteiger partial charge in [-0.15, -0.1) is 0 Å². The maximum atomic E-state index is 13.9. The molecule has 170 valence electrons. The van der Waals surface area contributed by atoms with Crippen LogP contribution in [0.25, 0.3) is 11.1 Å². The Hall–Kier alpha value is -1.65. The Balaban J connectivity index is 1.97. The summed E-state index contributed by atoms with van der Waals surface area (Å²) >= 11 is 5.55. The third-order valence-corrected chi connectivity index (χ3v) is 6.11. The van der Waals surface area contributed by atoms with Crippen molar-refractivity contribution in [3.8, 4) is 11.1 Å². The lowest BCUT2D eigenvalue weighted by molar-refractivity contribution is -0.235. The second-order valence-electron chi connectivity index (χ2n) is 7.74. The summed E-state index contributed by atoms with van der Waals surface area (Å²) in [5, 5.41) is 49.1. The van der Waals surface area contributed by atoms with Gasteiger partial charge in [0.05, 0.1) is 12.7 Å². The summed E-state index contributed by atoms with van der Waals surface area (Å²) in [7, 11) is 0. The van der Waals surface area contributed by atoms with E-state index >= 15 is 0 Å². The van der Waals surface area contributed by atoms with Gasteiger partial charge in [0.2, 0.25) is 0 Å². The maximum Gasteiger partial charge on any atom is 0.145 e. The van der Waals surface area contributed by atoms with E-state index in [1.807, 2.05) is 0 Å². The highest BCUT2D eigenvalue weighted by Crippen LogP contribution is 2.37. The Kier molecular flexibility index (Phi) is 7.64. The monoisotopic (exact) mass is 458 g/mol. The van der Waals surface area contributed by atoms with Gasteiger partial charge in [-0.1, -0.05) is 29.8 Å². The van der Waals surface area contributed by atoms with Crippen LogP contribution in [0.5, 0.6) is 0 Å². The Morgan fingerprint density at radius 3 is 2.16 bits per heavy atom. The van der Waals surface area contributed by atoms with Crippen molar-refractivity contribution in [1.29, 1.82) is 0 Å². The molecule has 2 aromatic rings. The molecule has 1 aliphatic heterocycles. The SMILES string of the molecule is Cc1cc(-c2cc(F)c(Cl)c(F)c2)ccc1[C@@H](CCO)[C@H]1O[C@H](CO)[C@@H](O)[C@H](O)[C@@H]1O. The third-order valence-electron chi connectivity index (χ3n) is 5.75. The van der Waals surface area contributed by atoms with E-state index < -0.39 is 59.7 Å². The quantitative estimate of drug-likeness (QED) is 0.423. The standard InChI is InChI=1S/C22H25ClF2O6/c1-10-6-11(12-7-15(24)18(23)16(25)8-12)2-3-13(10)14(4-5-26)22-21(30)20(29)19(28)17(9-27)31-22/h2-3,6-8,14,17,19-22,26-30H,4-5,9H2,1H3/t14-,17-,19-,20+,21+,22-/m1/s1. The second-order valence-corrected chi connectivity index (χ2v) is 8.12. The summed E-state index contributed by atoms with van der Waals surface area (Å²) in [5.74, 6) is -2.33. The van der Waals surface area contributed by atoms with E-state index in [0.717, 1.165) is 12.1 Å². The molecule has 0 aliphatic carbocycles. The van der Waals surface area contributed by atoms with E-state index in [9.17, 15) is 34.3 Å². The van der Waals surface area contributed by atoms with Gasteiger partial charge in [-0.2, -0.15) is 0 Å². The van der Waals surface area contributed by atoms with E-state index in [1.165, 1.54) is 0 Å². The summed E-state index contributed by atoms with van der Waals surface area (Å²) in [6, 6.07) is 7.28. The average molecular weight is 459 g/mol. The zero-order chi connectivity index (χ0) is 22.9. The highest BCUT2D eigenvalue weighted by Gasteiger charge is 2.46. The summed E-state index contributed by atoms with van der Waals surface area (Å²) in [4.78, 5) is 0. The van der Waals surface area contributed by atoms with Crippen molar-refractivity contribution in [2.45, 2.75) is 49.8 Å². The molecule has 31 heavy (non-hydrogen) atoms. The zero-order valence-corrected chi connectivity index (χ0v) is 17.5. The van der Waals surface area contributed by atoms with Crippen molar-refractivity contribution in [3.63, 3.8) is 0 Å². The molecular formula is C22H25ClF2O6. The van der Waals surface area contributed by atoms with Gasteiger partial charge in [-0.3, -0.25) is 0 Å². The smallest absolute Gasteiger partial charge is 0.145 e. The van der Waals surface area contributed by atoms with Crippen molar-refractivity contribution in [3.05, 3.63) is 58.1 Å². The van der Waals surface area contributed by atoms with Crippen LogP contribution in [0.3, 0.4) is 0 Å². The lowest BCUT2D eigenvalue weighted by Crippen LogP contribution is -2.60. The second kappa shape index (κ2) is 9.87. The predicted octanol–water partition coefficient (Wildman–Crippen LogP) is 1.90. The first-order valence-corrected chi connectivity index (χ1v) is 10.2. The van der Waals surface area contributed by atoms with Gasteiger partial charge >= 0.3 is 0 Å². The minimum absolute atomic E-state index is 0.174. The molecular weight excluding hydrogens is 434 g/mol. The predicted molar refractivity (Wildman–Crippen MR) is 110 cm³/mol. The zero-order valence-electron chi connectivity index (χ0n) is 16.8. The summed E-state index contributed by atoms with van der Waals surface area (Å²) in [5.41, 5.74) is 2.20. The molecule has 0 amide bonds. The number of aliphatic hydroxyl groups is 5. The van der Waals surface area contributed by atoms with Crippen LogP contribution in [-0.2, 0) is 4.74 Å². The molecule has 9 heteroatoms. The van der Waals surface area contributed by atoms with Crippen LogP contribution < -0.4 is 0 Å². The maximum absolute atomic E-state index is 13.9. The van der Waals surface area contributed by atoms with Crippen molar-refractivity contribution in [1.82, 2.24) is 0 Å². The van der Waals surface area contributed by atoms with Gasteiger partial charge < -0.3 is 30.3 Å². The third kappa shape index (κ3) is 4.75. The van der Waals surface area contributed by atoms with E-state index in [0.29, 0.717) is 22.3 Å². The Morgan fingerprint density at radius 2 is 1.61 bits per heavy atom. The molecule has 0 spiro atoms. The molecule has 6 nitrogen and oxygen atoms in total. The number of hydrogen-bond donors (Lipinski definition) is 5. The van der Waals surface area contributed by atoms with Crippen LogP contribution in [0, 0.1) is 18.6 Å². The molecule has 0 bridgehead atoms. The minimum atomic E-state index is -1.53. The molecule has 3 rings (SSSR count). The lowest BCUT2D eigenvalue weighted by atomic mass is 9.80. The fourth-order valence-corrected chi connectivity index (χ4v) is 4.20. The topological polar surface area (TPSA) is 110 Å². The first-order chi connectivity index (χ1) is 14.7. The van der Waals surface area contributed by atoms with E-state index in [1.54, 1.807) is 25.1 Å². The van der Waals surface area contributed by atoms with Gasteiger partial charge in [-0.25, -0.2) is 8.78 Å². The molecule has 6 atom stereocenters. The van der Waals surface area contributed by atoms with Crippen LogP contribution in [0.15, 0.2) is 30.3 Å². The molecule has 0 radical (unpaired) electrons. The normalized spacial score (nSPS) is 27.3. The molecule has 1 heterocycles. The molecule has 0 aromatic heterocycles. The van der Waals surface area contributed by atoms with Crippen molar-refractivity contribution in [2.75, 3.05) is 13.2 Å². The van der Waals surface area contributed by atoms with Crippen LogP contribution in [0.1, 0.15) is 23.5 Å². The van der Waals surface area contributed by atoms with Gasteiger partial charge in [0.1, 0.15) is 41.1 Å². The molecule has 2 aromatic carbocycles. The molecule has 1 fully saturated rings. The molecule has 0 saturated carbocycles. The van der Waals surface area contributed by atoms with Crippen LogP contribution >= 0.6 is 11.6 Å². The van der Waals surface area contributed by atoms with Crippen LogP contribution in [0.2, 0.25) is 5.02 Å². The summed E-state index contributed by atoms with van der Waals surface area (Å²) in [6.07, 6.45) is -6.36. The Morgan fingerprint density at radius 1 is 0.968 bits per heavy atom. The largest absolute Gasteiger partial charge is 0.396 e. The fraction of sp³-hybridized carbons (Fsp3) is 0.455. The minimum Gasteiger partial charge on any atom is -0.396 e. The summed E-state index contributed by atoms with van der Waals surface area (Å²) < 4.78 is 33.4. The number of aliphatic hydroxyl groups excluding tert-OH is 5. The van der Waals surface area contributed by atoms with Crippen molar-refractivity contribution < 1.29 is 39.1 Å². The highest BCUT2D eigenvalue weighted by molar-refractivity contribution is 6.31. The molecule has 5 N–H and O–H groups in total. The summed E-state index contributed by atoms with van der Waals surface area (Å²) in [6.45, 7) is 0.962. The van der Waals surface area contributed by atoms with Crippen LogP contribution in [-0.4, -0.2) is 69.3 Å². The van der Waals surface area contributed by atoms with E-state index in [-0.39, 0.29) is 13.0 Å². The number of hydrogen-bond acceptors (Lipinski definition) is 6. The van der Waals surface area contributed by atoms with Gasteiger partial charge in [0.25, 0.3) is 0 Å². The van der Waals surface area contributed by atoms with Crippen molar-refractivity contribution in [2.24, 2.45) is 0 Å². The molecule has 0 unspecified atom stereocenters. The van der Waals surface area contributed by atoms with Gasteiger partial charge in [0.15, 0.2) is 0 Å². The average Bonchev–Trinajstić information content (AvgIpc) is 2.74. The van der Waals surface area contributed by atoms with Gasteiger partial charge in [-0.05, 0) is 47.7 Å². The number of benzene rings is 2. The van der Waals surface area contributed by atoms with E-state index in [2.05, 4.69) is 0 Å². The number of rotatable bonds is 6. The Labute approximate surface area is 183 Å². The molecule has 1 aliphatic rings. The number of halogens is 3. The number of aryl methyl sites for hydroxylation is 1. The Bertz CT molecular complexity index is 902. The van der Waals surface area contributed by atoms with Crippen LogP contribution in [0.4, 0.5) is 8.78 Å². The number of ether oxygens (including phenoxy) is 1. The van der Waals surface area contributed by atoms with E-state index in [4.69, 9.17) is 16.3 Å². The van der Waals surface area contributed by atoms with Gasteiger partial charge in [0, 0.05) is 12.5 Å². The fourth-order valence-electron chi connectivity index (χ4n) is 4.09. The highest BCUT2D eigenvalue weighted by atomic mass is 35.5.